The van der Waals surface area contributed by atoms with Crippen LogP contribution in [0.2, 0.25) is 0 Å². The monoisotopic (exact) mass is 567 g/mol. The molecule has 0 saturated heterocycles. The van der Waals surface area contributed by atoms with Gasteiger partial charge in [0.15, 0.2) is 5.96 Å². The molecule has 2 aliphatic rings. The minimum Gasteiger partial charge on any atom is -0.487 e. The number of nitrogens with one attached hydrogen (secondary N) is 2. The highest BCUT2D eigenvalue weighted by atomic mass is 127. The normalized spacial score (nSPS) is 19.0. The summed E-state index contributed by atoms with van der Waals surface area (Å²) in [5, 5.41) is 11.8. The van der Waals surface area contributed by atoms with Gasteiger partial charge in [-0.15, -0.1) is 24.0 Å². The number of aryl methyl sites for hydroxylation is 1. The van der Waals surface area contributed by atoms with Crippen molar-refractivity contribution in [3.63, 3.8) is 0 Å². The number of halogens is 1. The predicted octanol–water partition coefficient (Wildman–Crippen LogP) is 4.66. The van der Waals surface area contributed by atoms with Crippen molar-refractivity contribution in [2.24, 2.45) is 4.99 Å². The fraction of sp³-hybridized carbons (Fsp3) is 0.600. The summed E-state index contributed by atoms with van der Waals surface area (Å²) >= 11 is 0. The zero-order chi connectivity index (χ0) is 22.6. The van der Waals surface area contributed by atoms with E-state index in [1.54, 1.807) is 7.11 Å². The summed E-state index contributed by atoms with van der Waals surface area (Å²) in [6.45, 7) is 9.08. The van der Waals surface area contributed by atoms with Crippen molar-refractivity contribution in [2.45, 2.75) is 77.6 Å². The first-order valence-electron chi connectivity index (χ1n) is 11.9. The molecule has 2 heterocycles. The highest BCUT2D eigenvalue weighted by Crippen LogP contribution is 2.46. The number of fused-ring (bicyclic) bond motifs is 1. The van der Waals surface area contributed by atoms with Crippen LogP contribution < -0.4 is 15.4 Å². The van der Waals surface area contributed by atoms with Crippen LogP contribution in [0.4, 0.5) is 0 Å². The average molecular weight is 568 g/mol. The van der Waals surface area contributed by atoms with Gasteiger partial charge in [0, 0.05) is 36.9 Å². The van der Waals surface area contributed by atoms with Crippen LogP contribution in [-0.2, 0) is 17.8 Å². The molecule has 0 amide bonds. The Balaban J connectivity index is 0.00000306. The van der Waals surface area contributed by atoms with E-state index >= 15 is 0 Å². The maximum absolute atomic E-state index is 6.53. The maximum Gasteiger partial charge on any atom is 0.192 e. The van der Waals surface area contributed by atoms with Gasteiger partial charge in [0.2, 0.25) is 0 Å². The molecule has 1 aromatic heterocycles. The summed E-state index contributed by atoms with van der Waals surface area (Å²) in [6.07, 6.45) is 5.73. The first-order valence-corrected chi connectivity index (χ1v) is 11.9. The standard InChI is InChI=1S/C25H37N5O2.HI/c1-5-26-24(27-17-21-18(2)29-30(19(21)3)14-15-31-4)28-22-16-25(12-8-9-13-25)32-23-11-7-6-10-20(22)23;/h6-7,10-11,22H,5,8-9,12-17H2,1-4H3,(H2,26,27,28);1H. The lowest BCUT2D eigenvalue weighted by molar-refractivity contribution is 0.0396. The summed E-state index contributed by atoms with van der Waals surface area (Å²) in [7, 11) is 1.72. The highest BCUT2D eigenvalue weighted by Gasteiger charge is 2.43. The van der Waals surface area contributed by atoms with Gasteiger partial charge in [-0.1, -0.05) is 18.2 Å². The zero-order valence-electron chi connectivity index (χ0n) is 20.3. The van der Waals surface area contributed by atoms with Crippen LogP contribution in [0, 0.1) is 13.8 Å². The SMILES string of the molecule is CCNC(=NCc1c(C)nn(CCOC)c1C)NC1CC2(CCCC2)Oc2ccccc21.I. The van der Waals surface area contributed by atoms with Crippen LogP contribution in [0.5, 0.6) is 5.75 Å². The Morgan fingerprint density at radius 1 is 1.27 bits per heavy atom. The van der Waals surface area contributed by atoms with Gasteiger partial charge in [0.1, 0.15) is 11.4 Å². The first-order chi connectivity index (χ1) is 15.5. The van der Waals surface area contributed by atoms with Gasteiger partial charge in [-0.25, -0.2) is 4.99 Å². The molecule has 1 aliphatic carbocycles. The smallest absolute Gasteiger partial charge is 0.192 e. The van der Waals surface area contributed by atoms with Crippen molar-refractivity contribution in [1.82, 2.24) is 20.4 Å². The molecule has 33 heavy (non-hydrogen) atoms. The number of ether oxygens (including phenoxy) is 2. The highest BCUT2D eigenvalue weighted by molar-refractivity contribution is 14.0. The number of guanidine groups is 1. The molecule has 2 aromatic rings. The molecule has 4 rings (SSSR count). The minimum atomic E-state index is -0.0426. The lowest BCUT2D eigenvalue weighted by atomic mass is 9.86. The first kappa shape index (κ1) is 25.8. The lowest BCUT2D eigenvalue weighted by Crippen LogP contribution is -2.46. The Hall–Kier alpha value is -1.81. The van der Waals surface area contributed by atoms with Gasteiger partial charge >= 0.3 is 0 Å². The van der Waals surface area contributed by atoms with Crippen molar-refractivity contribution in [3.8, 4) is 5.75 Å². The summed E-state index contributed by atoms with van der Waals surface area (Å²) in [4.78, 5) is 4.95. The number of rotatable bonds is 7. The summed E-state index contributed by atoms with van der Waals surface area (Å²) < 4.78 is 13.8. The van der Waals surface area contributed by atoms with E-state index in [2.05, 4.69) is 60.8 Å². The molecule has 1 unspecified atom stereocenters. The van der Waals surface area contributed by atoms with Crippen molar-refractivity contribution < 1.29 is 9.47 Å². The van der Waals surface area contributed by atoms with Gasteiger partial charge in [-0.3, -0.25) is 4.68 Å². The third-order valence-corrected chi connectivity index (χ3v) is 6.80. The Bertz CT molecular complexity index is 952. The Morgan fingerprint density at radius 3 is 2.76 bits per heavy atom. The molecule has 1 saturated carbocycles. The van der Waals surface area contributed by atoms with Gasteiger partial charge in [0.05, 0.1) is 31.4 Å². The second-order valence-electron chi connectivity index (χ2n) is 8.99. The molecular weight excluding hydrogens is 529 g/mol. The van der Waals surface area contributed by atoms with Crippen molar-refractivity contribution in [2.75, 3.05) is 20.3 Å². The van der Waals surface area contributed by atoms with Crippen LogP contribution >= 0.6 is 24.0 Å². The second-order valence-corrected chi connectivity index (χ2v) is 8.99. The minimum absolute atomic E-state index is 0. The van der Waals surface area contributed by atoms with Gasteiger partial charge in [0.25, 0.3) is 0 Å². The number of methoxy groups -OCH3 is 1. The third-order valence-electron chi connectivity index (χ3n) is 6.80. The predicted molar refractivity (Wildman–Crippen MR) is 143 cm³/mol. The van der Waals surface area contributed by atoms with Gasteiger partial charge in [-0.05, 0) is 52.5 Å². The number of aromatic nitrogens is 2. The maximum atomic E-state index is 6.53. The summed E-state index contributed by atoms with van der Waals surface area (Å²) in [6, 6.07) is 8.62. The Kier molecular flexibility index (Phi) is 9.03. The van der Waals surface area contributed by atoms with Gasteiger partial charge < -0.3 is 20.1 Å². The van der Waals surface area contributed by atoms with E-state index in [4.69, 9.17) is 14.5 Å². The molecule has 0 bridgehead atoms. The molecule has 1 aliphatic heterocycles. The van der Waals surface area contributed by atoms with E-state index in [1.807, 2.05) is 4.68 Å². The quantitative estimate of drug-likeness (QED) is 0.290. The molecule has 1 aromatic carbocycles. The summed E-state index contributed by atoms with van der Waals surface area (Å²) in [5.74, 6) is 1.85. The average Bonchev–Trinajstić information content (AvgIpc) is 3.34. The van der Waals surface area contributed by atoms with Crippen LogP contribution in [0.25, 0.3) is 0 Å². The fourth-order valence-electron chi connectivity index (χ4n) is 5.07. The van der Waals surface area contributed by atoms with Crippen LogP contribution in [-0.4, -0.2) is 41.6 Å². The lowest BCUT2D eigenvalue weighted by Gasteiger charge is -2.40. The van der Waals surface area contributed by atoms with E-state index in [9.17, 15) is 0 Å². The second kappa shape index (κ2) is 11.6. The molecule has 2 N–H and O–H groups in total. The molecule has 182 valence electrons. The molecular formula is C25H38IN5O2. The van der Waals surface area contributed by atoms with Crippen LogP contribution in [0.1, 0.15) is 67.6 Å². The molecule has 7 nitrogen and oxygen atoms in total. The number of aliphatic imine (C=N–C) groups is 1. The fourth-order valence-corrected chi connectivity index (χ4v) is 5.07. The number of nitrogens with zero attached hydrogens (tertiary/aromatic N) is 3. The summed E-state index contributed by atoms with van der Waals surface area (Å²) in [5.41, 5.74) is 4.53. The molecule has 1 spiro atoms. The van der Waals surface area contributed by atoms with Gasteiger partial charge in [-0.2, -0.15) is 5.10 Å². The van der Waals surface area contributed by atoms with Crippen LogP contribution in [0.15, 0.2) is 29.3 Å². The van der Waals surface area contributed by atoms with Crippen molar-refractivity contribution in [1.29, 1.82) is 0 Å². The van der Waals surface area contributed by atoms with Crippen molar-refractivity contribution in [3.05, 3.63) is 46.8 Å². The van der Waals surface area contributed by atoms with E-state index in [0.29, 0.717) is 13.2 Å². The number of hydrogen-bond acceptors (Lipinski definition) is 4. The number of hydrogen-bond donors (Lipinski definition) is 2. The van der Waals surface area contributed by atoms with Crippen LogP contribution in [0.3, 0.4) is 0 Å². The molecule has 1 atom stereocenters. The van der Waals surface area contributed by atoms with Crippen molar-refractivity contribution >= 4 is 29.9 Å². The van der Waals surface area contributed by atoms with E-state index in [0.717, 1.165) is 55.4 Å². The van der Waals surface area contributed by atoms with E-state index < -0.39 is 0 Å². The Morgan fingerprint density at radius 2 is 2.03 bits per heavy atom. The topological polar surface area (TPSA) is 72.7 Å². The third kappa shape index (κ3) is 5.82. The largest absolute Gasteiger partial charge is 0.487 e. The van der Waals surface area contributed by atoms with E-state index in [1.165, 1.54) is 24.0 Å². The molecule has 8 heteroatoms. The molecule has 0 radical (unpaired) electrons. The van der Waals surface area contributed by atoms with E-state index in [-0.39, 0.29) is 35.6 Å². The number of para-hydroxylation sites is 1. The number of benzene rings is 1. The molecule has 1 fully saturated rings. The zero-order valence-corrected chi connectivity index (χ0v) is 22.6. The Labute approximate surface area is 214 Å².